The van der Waals surface area contributed by atoms with Crippen molar-refractivity contribution in [1.82, 2.24) is 13.9 Å². The van der Waals surface area contributed by atoms with Gasteiger partial charge in [-0.1, -0.05) is 30.3 Å². The first-order chi connectivity index (χ1) is 11.1. The Balaban J connectivity index is 1.81. The SMILES string of the molecule is NCCN(CCc1ccccc1)S(=O)(=O)c1cnc2n1CCC2. The molecule has 0 fully saturated rings. The number of aromatic nitrogens is 2. The Bertz CT molecular complexity index is 756. The fraction of sp³-hybridized carbons (Fsp3) is 0.438. The van der Waals surface area contributed by atoms with Crippen molar-refractivity contribution in [2.75, 3.05) is 19.6 Å². The van der Waals surface area contributed by atoms with Crippen LogP contribution in [-0.4, -0.2) is 41.9 Å². The van der Waals surface area contributed by atoms with Crippen molar-refractivity contribution in [3.63, 3.8) is 0 Å². The van der Waals surface area contributed by atoms with E-state index in [1.165, 1.54) is 10.5 Å². The molecule has 1 aliphatic rings. The molecule has 0 unspecified atom stereocenters. The normalized spacial score (nSPS) is 14.3. The van der Waals surface area contributed by atoms with Crippen LogP contribution in [0.5, 0.6) is 0 Å². The summed E-state index contributed by atoms with van der Waals surface area (Å²) in [4.78, 5) is 4.25. The quantitative estimate of drug-likeness (QED) is 0.820. The Labute approximate surface area is 137 Å². The highest BCUT2D eigenvalue weighted by Gasteiger charge is 2.30. The van der Waals surface area contributed by atoms with Crippen molar-refractivity contribution >= 4 is 10.0 Å². The number of imidazole rings is 1. The molecular formula is C16H22N4O2S. The van der Waals surface area contributed by atoms with E-state index in [1.54, 1.807) is 0 Å². The van der Waals surface area contributed by atoms with Crippen LogP contribution in [0.2, 0.25) is 0 Å². The van der Waals surface area contributed by atoms with Crippen LogP contribution in [0.1, 0.15) is 17.8 Å². The summed E-state index contributed by atoms with van der Waals surface area (Å²) >= 11 is 0. The number of aryl methyl sites for hydroxylation is 1. The standard InChI is InChI=1S/C16H22N4O2S/c17-9-12-19(11-8-14-5-2-1-3-6-14)23(21,22)16-13-18-15-7-4-10-20(15)16/h1-3,5-6,13H,4,7-12,17H2. The molecule has 0 atom stereocenters. The number of hydrogen-bond donors (Lipinski definition) is 1. The summed E-state index contributed by atoms with van der Waals surface area (Å²) in [5.74, 6) is 0.860. The second kappa shape index (κ2) is 6.82. The van der Waals surface area contributed by atoms with E-state index in [9.17, 15) is 8.42 Å². The molecule has 0 saturated carbocycles. The molecule has 0 aliphatic carbocycles. The van der Waals surface area contributed by atoms with E-state index in [0.29, 0.717) is 31.1 Å². The lowest BCUT2D eigenvalue weighted by molar-refractivity contribution is 0.416. The van der Waals surface area contributed by atoms with Gasteiger partial charge in [0, 0.05) is 32.6 Å². The average molecular weight is 334 g/mol. The molecule has 1 aromatic carbocycles. The molecule has 2 N–H and O–H groups in total. The number of fused-ring (bicyclic) bond motifs is 1. The van der Waals surface area contributed by atoms with Crippen molar-refractivity contribution in [3.05, 3.63) is 47.9 Å². The van der Waals surface area contributed by atoms with Crippen molar-refractivity contribution in [2.24, 2.45) is 5.73 Å². The predicted octanol–water partition coefficient (Wildman–Crippen LogP) is 1.02. The average Bonchev–Trinajstić information content (AvgIpc) is 3.15. The molecule has 2 heterocycles. The van der Waals surface area contributed by atoms with Crippen LogP contribution < -0.4 is 5.73 Å². The highest BCUT2D eigenvalue weighted by molar-refractivity contribution is 7.89. The number of nitrogens with two attached hydrogens (primary N) is 1. The topological polar surface area (TPSA) is 81.2 Å². The summed E-state index contributed by atoms with van der Waals surface area (Å²) in [5, 5.41) is 0.298. The summed E-state index contributed by atoms with van der Waals surface area (Å²) in [7, 11) is -3.56. The molecular weight excluding hydrogens is 312 g/mol. The molecule has 23 heavy (non-hydrogen) atoms. The van der Waals surface area contributed by atoms with Crippen LogP contribution in [0.25, 0.3) is 0 Å². The maximum atomic E-state index is 13.0. The molecule has 0 spiro atoms. The maximum absolute atomic E-state index is 13.0. The van der Waals surface area contributed by atoms with Gasteiger partial charge in [-0.15, -0.1) is 0 Å². The first-order valence-electron chi connectivity index (χ1n) is 7.91. The second-order valence-corrected chi connectivity index (χ2v) is 7.58. The fourth-order valence-corrected chi connectivity index (χ4v) is 4.57. The lowest BCUT2D eigenvalue weighted by Gasteiger charge is -2.21. The maximum Gasteiger partial charge on any atom is 0.260 e. The van der Waals surface area contributed by atoms with Gasteiger partial charge in [0.1, 0.15) is 5.82 Å². The third-order valence-electron chi connectivity index (χ3n) is 4.16. The summed E-state index contributed by atoms with van der Waals surface area (Å²) in [5.41, 5.74) is 6.75. The Morgan fingerprint density at radius 3 is 2.74 bits per heavy atom. The van der Waals surface area contributed by atoms with Gasteiger partial charge in [0.05, 0.1) is 6.20 Å². The number of rotatable bonds is 7. The van der Waals surface area contributed by atoms with Crippen molar-refractivity contribution in [3.8, 4) is 0 Å². The number of nitrogens with zero attached hydrogens (tertiary/aromatic N) is 3. The van der Waals surface area contributed by atoms with E-state index in [2.05, 4.69) is 4.98 Å². The first kappa shape index (κ1) is 16.2. The minimum Gasteiger partial charge on any atom is -0.329 e. The monoisotopic (exact) mass is 334 g/mol. The lowest BCUT2D eigenvalue weighted by Crippen LogP contribution is -2.37. The van der Waals surface area contributed by atoms with E-state index in [1.807, 2.05) is 34.9 Å². The van der Waals surface area contributed by atoms with E-state index in [0.717, 1.165) is 30.8 Å². The van der Waals surface area contributed by atoms with Gasteiger partial charge in [-0.05, 0) is 18.4 Å². The number of hydrogen-bond acceptors (Lipinski definition) is 4. The Morgan fingerprint density at radius 2 is 2.00 bits per heavy atom. The van der Waals surface area contributed by atoms with Gasteiger partial charge in [0.25, 0.3) is 10.0 Å². The minimum atomic E-state index is -3.56. The zero-order valence-electron chi connectivity index (χ0n) is 13.1. The predicted molar refractivity (Wildman–Crippen MR) is 88.5 cm³/mol. The van der Waals surface area contributed by atoms with Crippen LogP contribution in [0, 0.1) is 0 Å². The van der Waals surface area contributed by atoms with Gasteiger partial charge in [0.15, 0.2) is 5.03 Å². The van der Waals surface area contributed by atoms with E-state index in [4.69, 9.17) is 5.73 Å². The van der Waals surface area contributed by atoms with Gasteiger partial charge in [0.2, 0.25) is 0 Å². The van der Waals surface area contributed by atoms with Crippen LogP contribution in [0.15, 0.2) is 41.6 Å². The van der Waals surface area contributed by atoms with E-state index >= 15 is 0 Å². The zero-order chi connectivity index (χ0) is 16.3. The Morgan fingerprint density at radius 1 is 1.22 bits per heavy atom. The summed E-state index contributed by atoms with van der Waals surface area (Å²) < 4.78 is 29.2. The van der Waals surface area contributed by atoms with Crippen LogP contribution in [0.4, 0.5) is 0 Å². The van der Waals surface area contributed by atoms with Gasteiger partial charge in [-0.25, -0.2) is 13.4 Å². The number of benzene rings is 1. The molecule has 3 rings (SSSR count). The van der Waals surface area contributed by atoms with E-state index < -0.39 is 10.0 Å². The molecule has 7 heteroatoms. The highest BCUT2D eigenvalue weighted by Crippen LogP contribution is 2.23. The smallest absolute Gasteiger partial charge is 0.260 e. The second-order valence-electron chi connectivity index (χ2n) is 5.70. The molecule has 1 aliphatic heterocycles. The fourth-order valence-electron chi connectivity index (χ4n) is 2.96. The van der Waals surface area contributed by atoms with Crippen LogP contribution in [-0.2, 0) is 29.4 Å². The Hall–Kier alpha value is -1.70. The van der Waals surface area contributed by atoms with Crippen molar-refractivity contribution < 1.29 is 8.42 Å². The third kappa shape index (κ3) is 3.31. The summed E-state index contributed by atoms with van der Waals surface area (Å²) in [6, 6.07) is 9.88. The van der Waals surface area contributed by atoms with Gasteiger partial charge in [-0.2, -0.15) is 4.31 Å². The molecule has 0 saturated heterocycles. The minimum absolute atomic E-state index is 0.298. The molecule has 1 aromatic heterocycles. The van der Waals surface area contributed by atoms with Gasteiger partial charge >= 0.3 is 0 Å². The van der Waals surface area contributed by atoms with Crippen LogP contribution >= 0.6 is 0 Å². The molecule has 2 aromatic rings. The molecule has 0 amide bonds. The number of sulfonamides is 1. The van der Waals surface area contributed by atoms with Gasteiger partial charge < -0.3 is 10.3 Å². The molecule has 0 bridgehead atoms. The van der Waals surface area contributed by atoms with Crippen molar-refractivity contribution in [1.29, 1.82) is 0 Å². The van der Waals surface area contributed by atoms with Crippen molar-refractivity contribution in [2.45, 2.75) is 30.8 Å². The molecule has 6 nitrogen and oxygen atoms in total. The van der Waals surface area contributed by atoms with Gasteiger partial charge in [-0.3, -0.25) is 0 Å². The lowest BCUT2D eigenvalue weighted by atomic mass is 10.1. The Kier molecular flexibility index (Phi) is 4.79. The largest absolute Gasteiger partial charge is 0.329 e. The third-order valence-corrected chi connectivity index (χ3v) is 6.06. The first-order valence-corrected chi connectivity index (χ1v) is 9.35. The zero-order valence-corrected chi connectivity index (χ0v) is 13.9. The molecule has 124 valence electrons. The molecule has 0 radical (unpaired) electrons. The summed E-state index contributed by atoms with van der Waals surface area (Å²) in [6.45, 7) is 1.76. The summed E-state index contributed by atoms with van der Waals surface area (Å²) in [6.07, 6.45) is 3.94. The highest BCUT2D eigenvalue weighted by atomic mass is 32.2. The van der Waals surface area contributed by atoms with E-state index in [-0.39, 0.29) is 0 Å². The van der Waals surface area contributed by atoms with Crippen LogP contribution in [0.3, 0.4) is 0 Å².